The number of halogens is 1. The van der Waals surface area contributed by atoms with Crippen LogP contribution in [0.15, 0.2) is 30.3 Å². The third-order valence-electron chi connectivity index (χ3n) is 4.11. The first-order chi connectivity index (χ1) is 8.29. The Labute approximate surface area is 111 Å². The molecule has 0 N–H and O–H groups in total. The Morgan fingerprint density at radius 2 is 2.12 bits per heavy atom. The number of hydrogen-bond acceptors (Lipinski definition) is 2. The lowest BCUT2D eigenvalue weighted by Crippen LogP contribution is -2.42. The van der Waals surface area contributed by atoms with Gasteiger partial charge in [-0.15, -0.1) is 0 Å². The minimum absolute atomic E-state index is 0.404. The van der Waals surface area contributed by atoms with E-state index in [2.05, 4.69) is 51.2 Å². The molecule has 1 aliphatic heterocycles. The predicted octanol–water partition coefficient (Wildman–Crippen LogP) is 2.67. The molecule has 17 heavy (non-hydrogen) atoms. The Bertz CT molecular complexity index is 383. The standard InChI is InChI=1S/C14H18BrNO/c1-17-12-7-11-9-16(14(12)13(11)15)8-10-5-3-2-4-6-10/h2-6,11-14H,7-9H2,1H3/t11-,12+,13+,14-/m1/s1. The second kappa shape index (κ2) is 4.71. The third-order valence-corrected chi connectivity index (χ3v) is 5.40. The van der Waals surface area contributed by atoms with Crippen LogP contribution in [-0.2, 0) is 11.3 Å². The van der Waals surface area contributed by atoms with Crippen LogP contribution in [0.25, 0.3) is 0 Å². The summed E-state index contributed by atoms with van der Waals surface area (Å²) in [7, 11) is 1.84. The number of ether oxygens (including phenoxy) is 1. The van der Waals surface area contributed by atoms with Crippen LogP contribution in [-0.4, -0.2) is 35.5 Å². The highest BCUT2D eigenvalue weighted by Gasteiger charge is 2.51. The van der Waals surface area contributed by atoms with E-state index in [1.807, 2.05) is 7.11 Å². The van der Waals surface area contributed by atoms with Gasteiger partial charge in [-0.05, 0) is 17.9 Å². The number of fused-ring (bicyclic) bond motifs is 2. The molecular formula is C14H18BrNO. The van der Waals surface area contributed by atoms with Gasteiger partial charge in [-0.1, -0.05) is 46.3 Å². The van der Waals surface area contributed by atoms with Crippen LogP contribution in [0.1, 0.15) is 12.0 Å². The topological polar surface area (TPSA) is 12.5 Å². The van der Waals surface area contributed by atoms with Gasteiger partial charge in [0.15, 0.2) is 0 Å². The van der Waals surface area contributed by atoms with Crippen LogP contribution in [0.2, 0.25) is 0 Å². The number of likely N-dealkylation sites (tertiary alicyclic amines) is 1. The maximum atomic E-state index is 5.61. The van der Waals surface area contributed by atoms with Crippen LogP contribution < -0.4 is 0 Å². The van der Waals surface area contributed by atoms with E-state index in [0.717, 1.165) is 12.5 Å². The molecule has 1 aliphatic carbocycles. The fourth-order valence-corrected chi connectivity index (χ4v) is 4.37. The highest BCUT2D eigenvalue weighted by Crippen LogP contribution is 2.44. The minimum atomic E-state index is 0.404. The normalized spacial score (nSPS) is 36.6. The molecule has 1 saturated heterocycles. The molecule has 2 nitrogen and oxygen atoms in total. The molecule has 0 radical (unpaired) electrons. The lowest BCUT2D eigenvalue weighted by Gasteiger charge is -2.32. The summed E-state index contributed by atoms with van der Waals surface area (Å²) in [5.41, 5.74) is 1.40. The summed E-state index contributed by atoms with van der Waals surface area (Å²) in [6.45, 7) is 2.25. The summed E-state index contributed by atoms with van der Waals surface area (Å²) in [6, 6.07) is 11.3. The van der Waals surface area contributed by atoms with Crippen molar-refractivity contribution in [3.8, 4) is 0 Å². The number of benzene rings is 1. The zero-order valence-corrected chi connectivity index (χ0v) is 11.6. The van der Waals surface area contributed by atoms with Crippen molar-refractivity contribution in [2.24, 2.45) is 5.92 Å². The van der Waals surface area contributed by atoms with Gasteiger partial charge in [0.2, 0.25) is 0 Å². The molecule has 2 bridgehead atoms. The van der Waals surface area contributed by atoms with Gasteiger partial charge < -0.3 is 4.74 Å². The lowest BCUT2D eigenvalue weighted by molar-refractivity contribution is 0.0172. The minimum Gasteiger partial charge on any atom is -0.380 e. The van der Waals surface area contributed by atoms with Gasteiger partial charge in [0.05, 0.1) is 6.10 Å². The molecule has 2 aliphatic rings. The molecule has 0 amide bonds. The molecule has 92 valence electrons. The van der Waals surface area contributed by atoms with E-state index in [0.29, 0.717) is 17.0 Å². The highest BCUT2D eigenvalue weighted by molar-refractivity contribution is 9.09. The van der Waals surface area contributed by atoms with Crippen LogP contribution in [0.3, 0.4) is 0 Å². The van der Waals surface area contributed by atoms with Gasteiger partial charge >= 0.3 is 0 Å². The molecule has 1 saturated carbocycles. The van der Waals surface area contributed by atoms with Gasteiger partial charge in [0.1, 0.15) is 0 Å². The molecule has 3 rings (SSSR count). The van der Waals surface area contributed by atoms with E-state index in [1.54, 1.807) is 0 Å². The van der Waals surface area contributed by atoms with Gasteiger partial charge in [0, 0.05) is 31.1 Å². The van der Waals surface area contributed by atoms with E-state index in [9.17, 15) is 0 Å². The summed E-state index contributed by atoms with van der Waals surface area (Å²) >= 11 is 3.84. The van der Waals surface area contributed by atoms with Crippen molar-refractivity contribution < 1.29 is 4.74 Å². The fourth-order valence-electron chi connectivity index (χ4n) is 3.31. The summed E-state index contributed by atoms with van der Waals surface area (Å²) < 4.78 is 5.61. The number of methoxy groups -OCH3 is 1. The maximum Gasteiger partial charge on any atom is 0.0741 e. The Kier molecular flexibility index (Phi) is 3.24. The van der Waals surface area contributed by atoms with Crippen molar-refractivity contribution in [2.75, 3.05) is 13.7 Å². The zero-order chi connectivity index (χ0) is 11.8. The molecule has 0 spiro atoms. The van der Waals surface area contributed by atoms with Crippen molar-refractivity contribution in [3.63, 3.8) is 0 Å². The van der Waals surface area contributed by atoms with Crippen molar-refractivity contribution in [1.82, 2.24) is 4.90 Å². The third kappa shape index (κ3) is 2.05. The Morgan fingerprint density at radius 1 is 1.35 bits per heavy atom. The average molecular weight is 296 g/mol. The van der Waals surface area contributed by atoms with Crippen LogP contribution in [0, 0.1) is 5.92 Å². The second-order valence-corrected chi connectivity index (χ2v) is 6.18. The maximum absolute atomic E-state index is 5.61. The number of hydrogen-bond donors (Lipinski definition) is 0. The van der Waals surface area contributed by atoms with Crippen molar-refractivity contribution in [3.05, 3.63) is 35.9 Å². The molecule has 1 aromatic carbocycles. The van der Waals surface area contributed by atoms with Crippen molar-refractivity contribution in [1.29, 1.82) is 0 Å². The summed E-state index contributed by atoms with van der Waals surface area (Å²) in [4.78, 5) is 3.17. The Morgan fingerprint density at radius 3 is 2.76 bits per heavy atom. The van der Waals surface area contributed by atoms with Crippen molar-refractivity contribution >= 4 is 15.9 Å². The lowest BCUT2D eigenvalue weighted by atomic mass is 10.1. The molecule has 2 fully saturated rings. The zero-order valence-electron chi connectivity index (χ0n) is 10.1. The molecule has 3 heteroatoms. The number of rotatable bonds is 3. The number of alkyl halides is 1. The van der Waals surface area contributed by atoms with E-state index in [-0.39, 0.29) is 0 Å². The van der Waals surface area contributed by atoms with E-state index in [4.69, 9.17) is 4.74 Å². The smallest absolute Gasteiger partial charge is 0.0741 e. The molecule has 4 atom stereocenters. The molecule has 0 aromatic heterocycles. The largest absolute Gasteiger partial charge is 0.380 e. The first-order valence-corrected chi connectivity index (χ1v) is 7.16. The average Bonchev–Trinajstić information content (AvgIpc) is 2.83. The van der Waals surface area contributed by atoms with Gasteiger partial charge in [-0.25, -0.2) is 0 Å². The summed E-state index contributed by atoms with van der Waals surface area (Å²) in [5.74, 6) is 0.758. The molecule has 0 unspecified atom stereocenters. The number of piperidine rings is 1. The fraction of sp³-hybridized carbons (Fsp3) is 0.571. The van der Waals surface area contributed by atoms with Crippen LogP contribution in [0.5, 0.6) is 0 Å². The first-order valence-electron chi connectivity index (χ1n) is 6.24. The Balaban J connectivity index is 1.73. The van der Waals surface area contributed by atoms with Gasteiger partial charge in [-0.2, -0.15) is 0 Å². The van der Waals surface area contributed by atoms with E-state index >= 15 is 0 Å². The monoisotopic (exact) mass is 295 g/mol. The predicted molar refractivity (Wildman–Crippen MR) is 72.3 cm³/mol. The van der Waals surface area contributed by atoms with Gasteiger partial charge in [-0.3, -0.25) is 4.90 Å². The quantitative estimate of drug-likeness (QED) is 0.795. The van der Waals surface area contributed by atoms with E-state index < -0.39 is 0 Å². The van der Waals surface area contributed by atoms with Crippen molar-refractivity contribution in [2.45, 2.75) is 29.9 Å². The highest BCUT2D eigenvalue weighted by atomic mass is 79.9. The molecule has 1 aromatic rings. The molecule has 1 heterocycles. The second-order valence-electron chi connectivity index (χ2n) is 5.12. The van der Waals surface area contributed by atoms with Gasteiger partial charge in [0.25, 0.3) is 0 Å². The number of nitrogens with zero attached hydrogens (tertiary/aromatic N) is 1. The molecular weight excluding hydrogens is 278 g/mol. The summed E-state index contributed by atoms with van der Waals surface area (Å²) in [6.07, 6.45) is 1.62. The Hall–Kier alpha value is -0.380. The van der Waals surface area contributed by atoms with Crippen LogP contribution >= 0.6 is 15.9 Å². The van der Waals surface area contributed by atoms with Crippen LogP contribution in [0.4, 0.5) is 0 Å². The SMILES string of the molecule is CO[C@H]1C[C@@H]2CN(Cc3ccccc3)[C@H]1[C@H]2Br. The first kappa shape index (κ1) is 11.7. The summed E-state index contributed by atoms with van der Waals surface area (Å²) in [5, 5.41) is 0. The van der Waals surface area contributed by atoms with E-state index in [1.165, 1.54) is 18.5 Å².